The van der Waals surface area contributed by atoms with E-state index in [1.165, 1.54) is 0 Å². The standard InChI is InChI=1S/C9H6NO2/c11-8-5-10-9(12)7-4-2-1-3-6(7)8/h1-4,8,11H. The Morgan fingerprint density at radius 1 is 1.42 bits per heavy atom. The van der Waals surface area contributed by atoms with Gasteiger partial charge in [0.2, 0.25) is 0 Å². The number of hydrogen-bond acceptors (Lipinski definition) is 2. The lowest BCUT2D eigenvalue weighted by atomic mass is 10.0. The quantitative estimate of drug-likeness (QED) is 0.610. The lowest BCUT2D eigenvalue weighted by Crippen LogP contribution is -2.13. The number of rotatable bonds is 0. The van der Waals surface area contributed by atoms with Gasteiger partial charge in [-0.05, 0) is 11.6 Å². The number of hydrogen-bond donors (Lipinski definition) is 1. The number of aliphatic imine (C=N–C) groups is 1. The van der Waals surface area contributed by atoms with Crippen LogP contribution >= 0.6 is 0 Å². The van der Waals surface area contributed by atoms with E-state index in [4.69, 9.17) is 0 Å². The molecule has 0 saturated carbocycles. The summed E-state index contributed by atoms with van der Waals surface area (Å²) in [5.74, 6) is -0.337. The molecule has 0 fully saturated rings. The molecule has 0 aliphatic carbocycles. The molecule has 1 N–H and O–H groups in total. The molecule has 59 valence electrons. The number of aliphatic hydroxyl groups excluding tert-OH is 1. The van der Waals surface area contributed by atoms with E-state index in [9.17, 15) is 9.90 Å². The zero-order valence-corrected chi connectivity index (χ0v) is 6.19. The first-order valence-electron chi connectivity index (χ1n) is 3.56. The van der Waals surface area contributed by atoms with Crippen molar-refractivity contribution < 1.29 is 9.90 Å². The van der Waals surface area contributed by atoms with Crippen molar-refractivity contribution in [1.82, 2.24) is 0 Å². The molecule has 1 aromatic carbocycles. The molecule has 3 nitrogen and oxygen atoms in total. The van der Waals surface area contributed by atoms with Gasteiger partial charge in [-0.2, -0.15) is 0 Å². The summed E-state index contributed by atoms with van der Waals surface area (Å²) >= 11 is 0. The maximum atomic E-state index is 11.1. The van der Waals surface area contributed by atoms with Crippen LogP contribution in [0.4, 0.5) is 0 Å². The summed E-state index contributed by atoms with van der Waals surface area (Å²) in [7, 11) is 0. The van der Waals surface area contributed by atoms with Crippen molar-refractivity contribution in [2.75, 3.05) is 0 Å². The van der Waals surface area contributed by atoms with Gasteiger partial charge in [-0.25, -0.2) is 4.99 Å². The van der Waals surface area contributed by atoms with E-state index in [1.807, 2.05) is 0 Å². The number of nitrogens with zero attached hydrogens (tertiary/aromatic N) is 1. The third-order valence-corrected chi connectivity index (χ3v) is 1.77. The summed E-state index contributed by atoms with van der Waals surface area (Å²) in [6, 6.07) is 6.84. The van der Waals surface area contributed by atoms with Gasteiger partial charge in [0.1, 0.15) is 12.3 Å². The Labute approximate surface area is 69.4 Å². The average molecular weight is 160 g/mol. The summed E-state index contributed by atoms with van der Waals surface area (Å²) in [4.78, 5) is 14.5. The Morgan fingerprint density at radius 3 is 2.92 bits per heavy atom. The second kappa shape index (κ2) is 2.53. The van der Waals surface area contributed by atoms with E-state index >= 15 is 0 Å². The van der Waals surface area contributed by atoms with E-state index in [-0.39, 0.29) is 5.91 Å². The van der Waals surface area contributed by atoms with Crippen LogP contribution in [-0.4, -0.2) is 17.2 Å². The molecule has 0 saturated heterocycles. The van der Waals surface area contributed by atoms with Crippen LogP contribution in [0.25, 0.3) is 0 Å². The van der Waals surface area contributed by atoms with Gasteiger partial charge in [-0.15, -0.1) is 0 Å². The van der Waals surface area contributed by atoms with Gasteiger partial charge in [-0.1, -0.05) is 18.2 Å². The molecule has 0 bridgehead atoms. The van der Waals surface area contributed by atoms with E-state index in [2.05, 4.69) is 11.2 Å². The fourth-order valence-corrected chi connectivity index (χ4v) is 1.18. The highest BCUT2D eigenvalue weighted by Crippen LogP contribution is 2.20. The van der Waals surface area contributed by atoms with E-state index in [0.717, 1.165) is 0 Å². The molecule has 0 aromatic heterocycles. The number of carbonyl (C=O) groups excluding carboxylic acids is 1. The highest BCUT2D eigenvalue weighted by atomic mass is 16.3. The smallest absolute Gasteiger partial charge is 0.277 e. The second-order valence-corrected chi connectivity index (χ2v) is 2.54. The minimum absolute atomic E-state index is 0.337. The number of fused-ring (bicyclic) bond motifs is 1. The summed E-state index contributed by atoms with van der Waals surface area (Å²) in [5, 5.41) is 9.32. The van der Waals surface area contributed by atoms with Crippen molar-refractivity contribution in [3.8, 4) is 0 Å². The molecular weight excluding hydrogens is 154 g/mol. The van der Waals surface area contributed by atoms with Gasteiger partial charge in [0.05, 0.1) is 0 Å². The van der Waals surface area contributed by atoms with Crippen molar-refractivity contribution in [3.05, 3.63) is 35.4 Å². The fraction of sp³-hybridized carbons (Fsp3) is 0.111. The van der Waals surface area contributed by atoms with Crippen LogP contribution in [0.2, 0.25) is 0 Å². The van der Waals surface area contributed by atoms with E-state index < -0.39 is 6.10 Å². The lowest BCUT2D eigenvalue weighted by Gasteiger charge is -2.12. The maximum absolute atomic E-state index is 11.1. The maximum Gasteiger partial charge on any atom is 0.277 e. The molecule has 1 heterocycles. The van der Waals surface area contributed by atoms with Crippen LogP contribution in [0.15, 0.2) is 29.3 Å². The van der Waals surface area contributed by atoms with Crippen LogP contribution in [0.1, 0.15) is 22.0 Å². The minimum atomic E-state index is -0.862. The second-order valence-electron chi connectivity index (χ2n) is 2.54. The summed E-state index contributed by atoms with van der Waals surface area (Å²) in [5.41, 5.74) is 1.04. The molecule has 1 aromatic rings. The summed E-state index contributed by atoms with van der Waals surface area (Å²) < 4.78 is 0. The minimum Gasteiger partial charge on any atom is -0.382 e. The Balaban J connectivity index is 2.61. The summed E-state index contributed by atoms with van der Waals surface area (Å²) in [6.45, 7) is 0. The lowest BCUT2D eigenvalue weighted by molar-refractivity contribution is 0.0992. The zero-order valence-electron chi connectivity index (χ0n) is 6.19. The number of benzene rings is 1. The Kier molecular flexibility index (Phi) is 1.52. The molecule has 12 heavy (non-hydrogen) atoms. The zero-order chi connectivity index (χ0) is 8.55. The largest absolute Gasteiger partial charge is 0.382 e. The summed E-state index contributed by atoms with van der Waals surface area (Å²) in [6.07, 6.45) is 1.46. The average Bonchev–Trinajstić information content (AvgIpc) is 2.12. The first kappa shape index (κ1) is 7.18. The molecule has 2 rings (SSSR count). The topological polar surface area (TPSA) is 49.7 Å². The first-order chi connectivity index (χ1) is 5.79. The number of amides is 1. The normalized spacial score (nSPS) is 20.8. The van der Waals surface area contributed by atoms with Crippen LogP contribution in [0.5, 0.6) is 0 Å². The SMILES string of the molecule is O=C1N=[C]C(O)c2ccccc21. The van der Waals surface area contributed by atoms with Crippen LogP contribution in [0, 0.1) is 0 Å². The molecule has 1 aliphatic rings. The number of carbonyl (C=O) groups is 1. The number of aliphatic hydroxyl groups is 1. The van der Waals surface area contributed by atoms with Gasteiger partial charge < -0.3 is 5.11 Å². The monoisotopic (exact) mass is 160 g/mol. The van der Waals surface area contributed by atoms with Gasteiger partial charge in [0.25, 0.3) is 5.91 Å². The Hall–Kier alpha value is -1.48. The van der Waals surface area contributed by atoms with Gasteiger partial charge in [-0.3, -0.25) is 4.79 Å². The third-order valence-electron chi connectivity index (χ3n) is 1.77. The molecule has 1 radical (unpaired) electrons. The third kappa shape index (κ3) is 0.950. The van der Waals surface area contributed by atoms with E-state index in [0.29, 0.717) is 11.1 Å². The molecule has 1 atom stereocenters. The van der Waals surface area contributed by atoms with Crippen molar-refractivity contribution in [2.24, 2.45) is 4.99 Å². The predicted molar refractivity (Wildman–Crippen MR) is 43.2 cm³/mol. The molecule has 1 aliphatic heterocycles. The van der Waals surface area contributed by atoms with Crippen LogP contribution in [-0.2, 0) is 0 Å². The molecule has 1 amide bonds. The van der Waals surface area contributed by atoms with Gasteiger partial charge in [0.15, 0.2) is 0 Å². The molecule has 1 unspecified atom stereocenters. The van der Waals surface area contributed by atoms with Crippen molar-refractivity contribution in [2.45, 2.75) is 6.10 Å². The van der Waals surface area contributed by atoms with Crippen LogP contribution in [0.3, 0.4) is 0 Å². The van der Waals surface area contributed by atoms with Crippen molar-refractivity contribution in [3.63, 3.8) is 0 Å². The highest BCUT2D eigenvalue weighted by molar-refractivity contribution is 6.04. The molecule has 3 heteroatoms. The molecular formula is C9H6NO2. The van der Waals surface area contributed by atoms with Gasteiger partial charge >= 0.3 is 0 Å². The predicted octanol–water partition coefficient (Wildman–Crippen LogP) is 0.822. The first-order valence-corrected chi connectivity index (χ1v) is 3.56. The van der Waals surface area contributed by atoms with Crippen LogP contribution < -0.4 is 0 Å². The van der Waals surface area contributed by atoms with Crippen molar-refractivity contribution >= 4 is 12.1 Å². The Bertz CT molecular complexity index is 357. The highest BCUT2D eigenvalue weighted by Gasteiger charge is 2.19. The fourth-order valence-electron chi connectivity index (χ4n) is 1.18. The van der Waals surface area contributed by atoms with E-state index in [1.54, 1.807) is 24.3 Å². The van der Waals surface area contributed by atoms with Crippen molar-refractivity contribution in [1.29, 1.82) is 0 Å². The Morgan fingerprint density at radius 2 is 2.17 bits per heavy atom. The van der Waals surface area contributed by atoms with Gasteiger partial charge in [0, 0.05) is 5.56 Å². The molecule has 0 spiro atoms.